The molecule has 1 unspecified atom stereocenters. The van der Waals surface area contributed by atoms with E-state index >= 15 is 0 Å². The van der Waals surface area contributed by atoms with Gasteiger partial charge in [-0.2, -0.15) is 0 Å². The van der Waals surface area contributed by atoms with Crippen molar-refractivity contribution in [1.82, 2.24) is 0 Å². The van der Waals surface area contributed by atoms with Gasteiger partial charge >= 0.3 is 0 Å². The molecule has 0 aliphatic rings. The predicted octanol–water partition coefficient (Wildman–Crippen LogP) is 3.52. The lowest BCUT2D eigenvalue weighted by Gasteiger charge is -2.20. The molecule has 0 amide bonds. The number of halogens is 1. The van der Waals surface area contributed by atoms with E-state index in [2.05, 4.69) is 0 Å². The van der Waals surface area contributed by atoms with Crippen LogP contribution in [0.15, 0.2) is 42.5 Å². The third kappa shape index (κ3) is 3.12. The number of aryl methyl sites for hydroxylation is 2. The molecule has 0 saturated heterocycles. The van der Waals surface area contributed by atoms with E-state index in [9.17, 15) is 4.39 Å². The zero-order valence-corrected chi connectivity index (χ0v) is 11.2. The van der Waals surface area contributed by atoms with Gasteiger partial charge in [0, 0.05) is 6.54 Å². The fraction of sp³-hybridized carbons (Fsp3) is 0.250. The summed E-state index contributed by atoms with van der Waals surface area (Å²) >= 11 is 0. The van der Waals surface area contributed by atoms with Crippen LogP contribution in [-0.4, -0.2) is 6.54 Å². The van der Waals surface area contributed by atoms with Crippen LogP contribution in [0.2, 0.25) is 0 Å². The fourth-order valence-corrected chi connectivity index (χ4v) is 2.04. The molecule has 100 valence electrons. The van der Waals surface area contributed by atoms with Crippen LogP contribution in [0.5, 0.6) is 5.75 Å². The van der Waals surface area contributed by atoms with E-state index in [-0.39, 0.29) is 17.7 Å². The summed E-state index contributed by atoms with van der Waals surface area (Å²) in [6, 6.07) is 12.7. The fourth-order valence-electron chi connectivity index (χ4n) is 2.04. The summed E-state index contributed by atoms with van der Waals surface area (Å²) < 4.78 is 19.5. The molecule has 0 spiro atoms. The summed E-state index contributed by atoms with van der Waals surface area (Å²) in [5, 5.41) is 0. The summed E-state index contributed by atoms with van der Waals surface area (Å²) in [4.78, 5) is 0. The van der Waals surface area contributed by atoms with E-state index in [1.165, 1.54) is 6.07 Å². The Bertz CT molecular complexity index is 568. The average Bonchev–Trinajstić information content (AvgIpc) is 2.41. The van der Waals surface area contributed by atoms with E-state index in [0.29, 0.717) is 6.54 Å². The van der Waals surface area contributed by atoms with Crippen LogP contribution in [0, 0.1) is 19.7 Å². The molecule has 2 rings (SSSR count). The lowest BCUT2D eigenvalue weighted by molar-refractivity contribution is 0.203. The minimum absolute atomic E-state index is 0.249. The average molecular weight is 259 g/mol. The quantitative estimate of drug-likeness (QED) is 0.911. The molecule has 0 aliphatic carbocycles. The van der Waals surface area contributed by atoms with Gasteiger partial charge in [0.15, 0.2) is 11.6 Å². The molecule has 0 aromatic heterocycles. The smallest absolute Gasteiger partial charge is 0.165 e. The topological polar surface area (TPSA) is 35.2 Å². The number of ether oxygens (including phenoxy) is 1. The summed E-state index contributed by atoms with van der Waals surface area (Å²) in [6.07, 6.45) is -0.336. The van der Waals surface area contributed by atoms with Crippen LogP contribution < -0.4 is 10.5 Å². The molecule has 19 heavy (non-hydrogen) atoms. The van der Waals surface area contributed by atoms with Gasteiger partial charge in [0.2, 0.25) is 0 Å². The summed E-state index contributed by atoms with van der Waals surface area (Å²) in [5.74, 6) is -0.115. The Morgan fingerprint density at radius 3 is 2.58 bits per heavy atom. The van der Waals surface area contributed by atoms with Gasteiger partial charge in [0.25, 0.3) is 0 Å². The van der Waals surface area contributed by atoms with E-state index in [1.54, 1.807) is 12.1 Å². The maximum atomic E-state index is 13.7. The van der Waals surface area contributed by atoms with Gasteiger partial charge < -0.3 is 10.5 Å². The number of benzene rings is 2. The van der Waals surface area contributed by atoms with Crippen molar-refractivity contribution in [2.75, 3.05) is 6.54 Å². The Morgan fingerprint density at radius 1 is 1.16 bits per heavy atom. The highest BCUT2D eigenvalue weighted by atomic mass is 19.1. The lowest BCUT2D eigenvalue weighted by atomic mass is 10.0. The molecule has 2 aromatic rings. The lowest BCUT2D eigenvalue weighted by Crippen LogP contribution is -2.19. The highest BCUT2D eigenvalue weighted by Crippen LogP contribution is 2.26. The Labute approximate surface area is 113 Å². The van der Waals surface area contributed by atoms with E-state index in [1.807, 2.05) is 38.1 Å². The first-order chi connectivity index (χ1) is 9.11. The van der Waals surface area contributed by atoms with Gasteiger partial charge in [-0.3, -0.25) is 0 Å². The first-order valence-corrected chi connectivity index (χ1v) is 6.30. The number of rotatable bonds is 4. The molecule has 2 aromatic carbocycles. The molecule has 0 radical (unpaired) electrons. The molecule has 1 atom stereocenters. The summed E-state index contributed by atoms with van der Waals surface area (Å²) in [5.41, 5.74) is 8.80. The first-order valence-electron chi connectivity index (χ1n) is 6.30. The van der Waals surface area contributed by atoms with Gasteiger partial charge in [-0.05, 0) is 42.7 Å². The maximum absolute atomic E-state index is 13.7. The Kier molecular flexibility index (Phi) is 4.17. The predicted molar refractivity (Wildman–Crippen MR) is 74.7 cm³/mol. The third-order valence-corrected chi connectivity index (χ3v) is 3.11. The van der Waals surface area contributed by atoms with Crippen LogP contribution in [0.3, 0.4) is 0 Å². The highest BCUT2D eigenvalue weighted by Gasteiger charge is 2.15. The third-order valence-electron chi connectivity index (χ3n) is 3.11. The van der Waals surface area contributed by atoms with Gasteiger partial charge in [-0.1, -0.05) is 30.3 Å². The van der Waals surface area contributed by atoms with E-state index in [0.717, 1.165) is 16.7 Å². The van der Waals surface area contributed by atoms with Crippen LogP contribution in [-0.2, 0) is 0 Å². The highest BCUT2D eigenvalue weighted by molar-refractivity contribution is 5.33. The van der Waals surface area contributed by atoms with Crippen molar-refractivity contribution in [2.45, 2.75) is 20.0 Å². The number of hydrogen-bond acceptors (Lipinski definition) is 2. The van der Waals surface area contributed by atoms with Gasteiger partial charge in [0.1, 0.15) is 6.10 Å². The van der Waals surface area contributed by atoms with Crippen LogP contribution in [0.4, 0.5) is 4.39 Å². The van der Waals surface area contributed by atoms with Crippen molar-refractivity contribution in [2.24, 2.45) is 5.73 Å². The van der Waals surface area contributed by atoms with Crippen LogP contribution in [0.25, 0.3) is 0 Å². The van der Waals surface area contributed by atoms with Crippen LogP contribution in [0.1, 0.15) is 22.8 Å². The van der Waals surface area contributed by atoms with Crippen molar-refractivity contribution in [3.05, 3.63) is 65.0 Å². The zero-order chi connectivity index (χ0) is 13.8. The monoisotopic (exact) mass is 259 g/mol. The normalized spacial score (nSPS) is 12.2. The van der Waals surface area contributed by atoms with E-state index < -0.39 is 0 Å². The zero-order valence-electron chi connectivity index (χ0n) is 11.2. The van der Waals surface area contributed by atoms with Gasteiger partial charge in [0.05, 0.1) is 0 Å². The minimum atomic E-state index is -0.363. The van der Waals surface area contributed by atoms with Crippen LogP contribution >= 0.6 is 0 Å². The van der Waals surface area contributed by atoms with Crippen molar-refractivity contribution < 1.29 is 9.13 Å². The molecule has 0 saturated carbocycles. The standard InChI is InChI=1S/C16H18FNO/c1-11-7-8-14(17)15(9-11)19-16(10-18)13-6-4-3-5-12(13)2/h3-9,16H,10,18H2,1-2H3. The second kappa shape index (κ2) is 5.85. The molecule has 0 bridgehead atoms. The Morgan fingerprint density at radius 2 is 1.89 bits per heavy atom. The molecule has 0 heterocycles. The number of nitrogens with two attached hydrogens (primary N) is 1. The SMILES string of the molecule is Cc1ccc(F)c(OC(CN)c2ccccc2C)c1. The molecule has 0 aliphatic heterocycles. The minimum Gasteiger partial charge on any atom is -0.481 e. The number of hydrogen-bond donors (Lipinski definition) is 1. The van der Waals surface area contributed by atoms with Crippen molar-refractivity contribution >= 4 is 0 Å². The summed E-state index contributed by atoms with van der Waals surface area (Å²) in [6.45, 7) is 4.20. The Hall–Kier alpha value is -1.87. The van der Waals surface area contributed by atoms with Gasteiger partial charge in [-0.15, -0.1) is 0 Å². The molecular formula is C16H18FNO. The molecule has 3 heteroatoms. The second-order valence-electron chi connectivity index (χ2n) is 4.63. The van der Waals surface area contributed by atoms with Gasteiger partial charge in [-0.25, -0.2) is 4.39 Å². The van der Waals surface area contributed by atoms with Crippen molar-refractivity contribution in [1.29, 1.82) is 0 Å². The molecule has 0 fully saturated rings. The molecule has 2 N–H and O–H groups in total. The van der Waals surface area contributed by atoms with Crippen molar-refractivity contribution in [3.63, 3.8) is 0 Å². The summed E-state index contributed by atoms with van der Waals surface area (Å²) in [7, 11) is 0. The maximum Gasteiger partial charge on any atom is 0.165 e. The Balaban J connectivity index is 2.29. The molecule has 2 nitrogen and oxygen atoms in total. The largest absolute Gasteiger partial charge is 0.481 e. The second-order valence-corrected chi connectivity index (χ2v) is 4.63. The van der Waals surface area contributed by atoms with E-state index in [4.69, 9.17) is 10.5 Å². The first kappa shape index (κ1) is 13.6. The molecular weight excluding hydrogens is 241 g/mol. The van der Waals surface area contributed by atoms with Crippen molar-refractivity contribution in [3.8, 4) is 5.75 Å².